The van der Waals surface area contributed by atoms with Gasteiger partial charge in [-0.2, -0.15) is 21.4 Å². The summed E-state index contributed by atoms with van der Waals surface area (Å²) < 4.78 is 71.8. The van der Waals surface area contributed by atoms with E-state index in [9.17, 15) is 21.4 Å². The first-order valence-corrected chi connectivity index (χ1v) is 15.6. The van der Waals surface area contributed by atoms with Gasteiger partial charge in [0.05, 0.1) is 35.4 Å². The molecule has 0 radical (unpaired) electrons. The van der Waals surface area contributed by atoms with Gasteiger partial charge in [0.25, 0.3) is 25.2 Å². The lowest BCUT2D eigenvalue weighted by atomic mass is 10.2. The van der Waals surface area contributed by atoms with Crippen LogP contribution in [0, 0.1) is 0 Å². The van der Waals surface area contributed by atoms with Crippen LogP contribution in [0.3, 0.4) is 0 Å². The second-order valence-electron chi connectivity index (χ2n) is 7.91. The molecule has 2 heterocycles. The highest BCUT2D eigenvalue weighted by atomic mass is 32.2. The van der Waals surface area contributed by atoms with Crippen LogP contribution in [0.1, 0.15) is 17.8 Å². The fraction of sp³-hybridized carbons (Fsp3) is 0.318. The molecule has 0 fully saturated rings. The average Bonchev–Trinajstić information content (AvgIpc) is 3.29. The van der Waals surface area contributed by atoms with Gasteiger partial charge in [0.15, 0.2) is 6.54 Å². The summed E-state index contributed by atoms with van der Waals surface area (Å²) in [7, 11) is -6.56. The van der Waals surface area contributed by atoms with Gasteiger partial charge in [0.1, 0.15) is 10.4 Å². The van der Waals surface area contributed by atoms with Crippen molar-refractivity contribution in [3.05, 3.63) is 52.5 Å². The van der Waals surface area contributed by atoms with Crippen molar-refractivity contribution in [3.8, 4) is 5.75 Å². The first-order valence-electron chi connectivity index (χ1n) is 10.7. The number of ether oxygens (including phenoxy) is 1. The minimum Gasteiger partial charge on any atom is -0.497 e. The molecule has 1 aliphatic heterocycles. The third-order valence-electron chi connectivity index (χ3n) is 5.39. The lowest BCUT2D eigenvalue weighted by molar-refractivity contribution is -0.668. The number of aromatic nitrogens is 1. The first-order chi connectivity index (χ1) is 16.5. The molecule has 35 heavy (non-hydrogen) atoms. The zero-order valence-electron chi connectivity index (χ0n) is 18.8. The van der Waals surface area contributed by atoms with Gasteiger partial charge >= 0.3 is 0 Å². The van der Waals surface area contributed by atoms with Gasteiger partial charge < -0.3 is 9.64 Å². The molecule has 2 aromatic carbocycles. The number of thioether (sulfide) groups is 1. The molecule has 0 amide bonds. The van der Waals surface area contributed by atoms with Crippen molar-refractivity contribution >= 4 is 65.3 Å². The molecule has 1 aliphatic rings. The third-order valence-corrected chi connectivity index (χ3v) is 9.22. The summed E-state index contributed by atoms with van der Waals surface area (Å²) in [4.78, 5) is 2.99. The third kappa shape index (κ3) is 6.54. The average molecular weight is 558 g/mol. The maximum atomic E-state index is 11.3. The zero-order valence-corrected chi connectivity index (χ0v) is 22.1. The van der Waals surface area contributed by atoms with Crippen LogP contribution >= 0.6 is 23.1 Å². The summed E-state index contributed by atoms with van der Waals surface area (Å²) >= 11 is 3.10. The van der Waals surface area contributed by atoms with Gasteiger partial charge in [-0.05, 0) is 24.6 Å². The second kappa shape index (κ2) is 10.4. The Morgan fingerprint density at radius 1 is 1.03 bits per heavy atom. The van der Waals surface area contributed by atoms with Crippen LogP contribution in [0.25, 0.3) is 16.3 Å². The molecule has 0 atom stereocenters. The number of hydrogen-bond donors (Lipinski definition) is 2. The molecule has 9 nitrogen and oxygen atoms in total. The van der Waals surface area contributed by atoms with Crippen LogP contribution < -0.4 is 14.2 Å². The Labute approximate surface area is 212 Å². The molecular weight excluding hydrogens is 533 g/mol. The van der Waals surface area contributed by atoms with Gasteiger partial charge in [-0.1, -0.05) is 35.2 Å². The van der Waals surface area contributed by atoms with E-state index in [1.165, 1.54) is 11.8 Å². The fourth-order valence-corrected chi connectivity index (χ4v) is 7.15. The minimum atomic E-state index is -4.08. The molecule has 0 saturated carbocycles. The van der Waals surface area contributed by atoms with Gasteiger partial charge in [-0.25, -0.2) is 0 Å². The monoisotopic (exact) mass is 557 g/mol. The van der Waals surface area contributed by atoms with Crippen LogP contribution in [-0.4, -0.2) is 51.1 Å². The van der Waals surface area contributed by atoms with Crippen LogP contribution in [0.15, 0.2) is 52.4 Å². The molecule has 0 aliphatic carbocycles. The molecule has 1 aromatic heterocycles. The number of thiazole rings is 1. The van der Waals surface area contributed by atoms with E-state index >= 15 is 0 Å². The summed E-state index contributed by atoms with van der Waals surface area (Å²) in [5.74, 6) is -0.00574. The van der Waals surface area contributed by atoms with Crippen molar-refractivity contribution in [1.82, 2.24) is 0 Å². The topological polar surface area (TPSA) is 125 Å². The summed E-state index contributed by atoms with van der Waals surface area (Å²) in [6.45, 7) is 0.767. The number of para-hydroxylation sites is 1. The Morgan fingerprint density at radius 2 is 1.74 bits per heavy atom. The normalized spacial score (nSPS) is 15.2. The highest BCUT2D eigenvalue weighted by Gasteiger charge is 2.28. The van der Waals surface area contributed by atoms with E-state index in [1.807, 2.05) is 58.0 Å². The van der Waals surface area contributed by atoms with Crippen molar-refractivity contribution in [2.24, 2.45) is 0 Å². The van der Waals surface area contributed by atoms with Crippen LogP contribution in [-0.2, 0) is 26.8 Å². The lowest BCUT2D eigenvalue weighted by Crippen LogP contribution is -2.36. The minimum absolute atomic E-state index is 0.230. The molecule has 0 saturated heterocycles. The number of hydrogen-bond acceptors (Lipinski definition) is 8. The predicted octanol–water partition coefficient (Wildman–Crippen LogP) is 3.66. The lowest BCUT2D eigenvalue weighted by Gasteiger charge is -2.20. The maximum Gasteiger partial charge on any atom is 0.265 e. The smallest absolute Gasteiger partial charge is 0.265 e. The van der Waals surface area contributed by atoms with Crippen molar-refractivity contribution in [2.45, 2.75) is 24.3 Å². The fourth-order valence-electron chi connectivity index (χ4n) is 3.85. The Morgan fingerprint density at radius 3 is 2.46 bits per heavy atom. The Bertz CT molecular complexity index is 1480. The molecule has 3 aromatic rings. The first kappa shape index (κ1) is 25.9. The molecule has 0 spiro atoms. The largest absolute Gasteiger partial charge is 0.497 e. The quantitative estimate of drug-likeness (QED) is 0.284. The van der Waals surface area contributed by atoms with E-state index in [0.717, 1.165) is 30.8 Å². The highest BCUT2D eigenvalue weighted by Crippen LogP contribution is 2.48. The summed E-state index contributed by atoms with van der Waals surface area (Å²) in [6.07, 6.45) is 2.49. The number of anilines is 1. The van der Waals surface area contributed by atoms with Crippen LogP contribution in [0.2, 0.25) is 0 Å². The number of methoxy groups -OCH3 is 1. The molecule has 188 valence electrons. The maximum absolute atomic E-state index is 11.3. The molecule has 0 unspecified atom stereocenters. The van der Waals surface area contributed by atoms with Crippen molar-refractivity contribution in [2.75, 3.05) is 30.1 Å². The van der Waals surface area contributed by atoms with Crippen molar-refractivity contribution in [1.29, 1.82) is 0 Å². The second-order valence-corrected chi connectivity index (χ2v) is 13.2. The van der Waals surface area contributed by atoms with Crippen molar-refractivity contribution < 1.29 is 35.2 Å². The van der Waals surface area contributed by atoms with Crippen LogP contribution in [0.4, 0.5) is 5.69 Å². The number of nitrogens with zero attached hydrogens (tertiary/aromatic N) is 2. The summed E-state index contributed by atoms with van der Waals surface area (Å²) in [5, 5.41) is 1.77. The molecule has 0 bridgehead atoms. The van der Waals surface area contributed by atoms with Gasteiger partial charge in [0, 0.05) is 30.0 Å². The van der Waals surface area contributed by atoms with E-state index in [-0.39, 0.29) is 24.3 Å². The number of rotatable bonds is 10. The standard InChI is InChI=1S/C22H24N2O7S4/c1-31-16-8-9-20-18(14-16)24(11-5-13-35(28,29)30)22(33-20)15-21-23(10-4-12-34(25,26)27)17-6-2-3-7-19(17)32-21/h2-3,6-9,14-15H,4-5,10-13H2,1H3,(H-,25,26,27,28,29,30)/p+1. The van der Waals surface area contributed by atoms with E-state index in [4.69, 9.17) is 9.29 Å². The van der Waals surface area contributed by atoms with E-state index in [1.54, 1.807) is 18.4 Å². The molecule has 2 N–H and O–H groups in total. The molecular formula is C22H25N2O7S4+. The van der Waals surface area contributed by atoms with Crippen molar-refractivity contribution in [3.63, 3.8) is 0 Å². The highest BCUT2D eigenvalue weighted by molar-refractivity contribution is 8.04. The van der Waals surface area contributed by atoms with E-state index < -0.39 is 20.2 Å². The number of aryl methyl sites for hydroxylation is 1. The Hall–Kier alpha value is -2.16. The van der Waals surface area contributed by atoms with Gasteiger partial charge in [-0.3, -0.25) is 9.11 Å². The van der Waals surface area contributed by atoms with Crippen LogP contribution in [0.5, 0.6) is 5.75 Å². The summed E-state index contributed by atoms with van der Waals surface area (Å²) in [5.41, 5.74) is 1.84. The molecule has 4 rings (SSSR count). The van der Waals surface area contributed by atoms with E-state index in [2.05, 4.69) is 0 Å². The summed E-state index contributed by atoms with van der Waals surface area (Å²) in [6, 6.07) is 13.5. The number of benzene rings is 2. The molecule has 13 heteroatoms. The Kier molecular flexibility index (Phi) is 7.74. The van der Waals surface area contributed by atoms with Gasteiger partial charge in [-0.15, -0.1) is 0 Å². The number of fused-ring (bicyclic) bond motifs is 2. The predicted molar refractivity (Wildman–Crippen MR) is 138 cm³/mol. The SMILES string of the molecule is COc1ccc2c(c1)N(CCCS(=O)(=O)O)/C(=C/c1sc3ccccc3[n+]1CCCS(=O)(=O)O)S2. The Balaban J connectivity index is 1.71. The van der Waals surface area contributed by atoms with E-state index in [0.29, 0.717) is 18.8 Å². The zero-order chi connectivity index (χ0) is 25.2. The van der Waals surface area contributed by atoms with Gasteiger partial charge in [0.2, 0.25) is 5.52 Å².